The molecule has 0 aromatic heterocycles. The highest BCUT2D eigenvalue weighted by molar-refractivity contribution is 7.99. The van der Waals surface area contributed by atoms with Gasteiger partial charge in [-0.3, -0.25) is 4.79 Å². The van der Waals surface area contributed by atoms with E-state index in [9.17, 15) is 25.2 Å². The Hall–Kier alpha value is -0.180. The lowest BCUT2D eigenvalue weighted by atomic mass is 9.35. The van der Waals surface area contributed by atoms with Gasteiger partial charge in [0.05, 0.1) is 18.8 Å². The minimum Gasteiger partial charge on any atom is -0.392 e. The summed E-state index contributed by atoms with van der Waals surface area (Å²) in [5, 5.41) is 46.7. The predicted octanol–water partition coefficient (Wildman–Crippen LogP) is 3.14. The first-order chi connectivity index (χ1) is 16.1. The highest BCUT2D eigenvalue weighted by atomic mass is 32.2. The van der Waals surface area contributed by atoms with Crippen molar-refractivity contribution in [2.24, 2.45) is 39.9 Å². The molecule has 7 heteroatoms. The van der Waals surface area contributed by atoms with Gasteiger partial charge in [-0.05, 0) is 55.1 Å². The SMILES string of the molecule is CCCCCCCSCC1C(=O)C23C(CCC1[C@H]2O)[C@@]12COC3(O)[C@@H](O)[C@@H]1C(C)(C)CC[C@@H]2O. The van der Waals surface area contributed by atoms with Crippen LogP contribution in [0.2, 0.25) is 0 Å². The minimum atomic E-state index is -2.10. The van der Waals surface area contributed by atoms with E-state index in [0.29, 0.717) is 18.6 Å². The normalized spacial score (nSPS) is 50.8. The Morgan fingerprint density at radius 2 is 1.76 bits per heavy atom. The van der Waals surface area contributed by atoms with Crippen molar-refractivity contribution in [1.29, 1.82) is 0 Å². The number of Topliss-reactive ketones (excluding diaryl/α,β-unsaturated/α-hetero) is 1. The molecule has 34 heavy (non-hydrogen) atoms. The molecule has 0 amide bonds. The van der Waals surface area contributed by atoms with Gasteiger partial charge in [0.1, 0.15) is 11.5 Å². The second-order valence-corrected chi connectivity index (χ2v) is 13.8. The summed E-state index contributed by atoms with van der Waals surface area (Å²) in [4.78, 5) is 14.2. The highest BCUT2D eigenvalue weighted by Gasteiger charge is 2.87. The number of hydrogen-bond donors (Lipinski definition) is 4. The Morgan fingerprint density at radius 3 is 2.50 bits per heavy atom. The second kappa shape index (κ2) is 8.70. The molecular formula is C27H44O6S. The van der Waals surface area contributed by atoms with Gasteiger partial charge in [-0.1, -0.05) is 46.5 Å². The first kappa shape index (κ1) is 25.5. The number of fused-ring (bicyclic) bond motifs is 2. The summed E-state index contributed by atoms with van der Waals surface area (Å²) in [5.41, 5.74) is -2.69. The lowest BCUT2D eigenvalue weighted by Crippen LogP contribution is -2.85. The standard InChI is InChI=1S/C27H44O6S/c1-4-5-6-7-8-13-34-14-17-16-9-10-18-25-15-33-27(32,26(18,21(16)29)22(17)30)23(31)20(25)24(2,3)12-11-19(25)28/h16-21,23,28-29,31-32H,4-15H2,1-3H3/t16?,17?,18?,19-,20+,21+,23-,25+,26?,27?/m0/s1. The molecule has 2 spiro atoms. The molecule has 2 heterocycles. The van der Waals surface area contributed by atoms with Gasteiger partial charge in [0, 0.05) is 23.0 Å². The molecule has 4 N–H and O–H groups in total. The van der Waals surface area contributed by atoms with Gasteiger partial charge in [-0.15, -0.1) is 0 Å². The van der Waals surface area contributed by atoms with Crippen molar-refractivity contribution in [2.75, 3.05) is 18.1 Å². The molecular weight excluding hydrogens is 452 g/mol. The van der Waals surface area contributed by atoms with Crippen molar-refractivity contribution in [1.82, 2.24) is 0 Å². The maximum Gasteiger partial charge on any atom is 0.208 e. The molecule has 0 aromatic rings. The van der Waals surface area contributed by atoms with Crippen LogP contribution < -0.4 is 0 Å². The van der Waals surface area contributed by atoms with Crippen LogP contribution in [0.5, 0.6) is 0 Å². The highest BCUT2D eigenvalue weighted by Crippen LogP contribution is 2.76. The minimum absolute atomic E-state index is 0.129. The van der Waals surface area contributed by atoms with E-state index in [1.807, 2.05) is 0 Å². The molecule has 6 aliphatic rings. The Labute approximate surface area is 208 Å². The van der Waals surface area contributed by atoms with E-state index in [0.717, 1.165) is 25.0 Å². The zero-order valence-electron chi connectivity index (χ0n) is 21.0. The largest absolute Gasteiger partial charge is 0.392 e. The molecule has 4 aliphatic carbocycles. The van der Waals surface area contributed by atoms with Crippen molar-refractivity contribution in [2.45, 2.75) is 103 Å². The van der Waals surface area contributed by atoms with Crippen LogP contribution in [0, 0.1) is 39.9 Å². The zero-order valence-corrected chi connectivity index (χ0v) is 21.9. The molecule has 2 aliphatic heterocycles. The molecule has 2 saturated heterocycles. The summed E-state index contributed by atoms with van der Waals surface area (Å²) < 4.78 is 6.02. The summed E-state index contributed by atoms with van der Waals surface area (Å²) in [6.45, 7) is 6.51. The van der Waals surface area contributed by atoms with Crippen LogP contribution in [0.15, 0.2) is 0 Å². The van der Waals surface area contributed by atoms with Crippen molar-refractivity contribution in [3.05, 3.63) is 0 Å². The molecule has 194 valence electrons. The third-order valence-electron chi connectivity index (χ3n) is 10.8. The van der Waals surface area contributed by atoms with Crippen LogP contribution in [0.4, 0.5) is 0 Å². The van der Waals surface area contributed by atoms with Gasteiger partial charge >= 0.3 is 0 Å². The fraction of sp³-hybridized carbons (Fsp3) is 0.963. The first-order valence-electron chi connectivity index (χ1n) is 13.6. The number of unbranched alkanes of at least 4 members (excludes halogenated alkanes) is 4. The maximum absolute atomic E-state index is 14.2. The van der Waals surface area contributed by atoms with E-state index in [1.54, 1.807) is 11.8 Å². The summed E-state index contributed by atoms with van der Waals surface area (Å²) in [6.07, 6.45) is 5.68. The van der Waals surface area contributed by atoms with Gasteiger partial charge in [0.2, 0.25) is 5.79 Å². The Balaban J connectivity index is 1.45. The lowest BCUT2D eigenvalue weighted by Gasteiger charge is -2.74. The van der Waals surface area contributed by atoms with E-state index in [-0.39, 0.29) is 41.5 Å². The molecule has 0 radical (unpaired) electrons. The van der Waals surface area contributed by atoms with Crippen LogP contribution in [0.25, 0.3) is 0 Å². The number of aliphatic hydroxyl groups is 4. The van der Waals surface area contributed by atoms with Crippen LogP contribution in [-0.4, -0.2) is 68.4 Å². The summed E-state index contributed by atoms with van der Waals surface area (Å²) in [7, 11) is 0. The molecule has 4 saturated carbocycles. The summed E-state index contributed by atoms with van der Waals surface area (Å²) in [5.74, 6) is -1.94. The van der Waals surface area contributed by atoms with Crippen LogP contribution in [0.1, 0.15) is 78.6 Å². The second-order valence-electron chi connectivity index (χ2n) is 12.6. The number of aliphatic hydroxyl groups excluding tert-OH is 3. The van der Waals surface area contributed by atoms with Crippen molar-refractivity contribution < 1.29 is 30.0 Å². The topological polar surface area (TPSA) is 107 Å². The fourth-order valence-electron chi connectivity index (χ4n) is 9.31. The third kappa shape index (κ3) is 3.03. The molecule has 6 rings (SSSR count). The Bertz CT molecular complexity index is 804. The zero-order chi connectivity index (χ0) is 24.5. The van der Waals surface area contributed by atoms with Gasteiger partial charge in [0.15, 0.2) is 5.78 Å². The summed E-state index contributed by atoms with van der Waals surface area (Å²) in [6, 6.07) is 0. The first-order valence-corrected chi connectivity index (χ1v) is 14.8. The average Bonchev–Trinajstić information content (AvgIpc) is 2.90. The molecule has 5 unspecified atom stereocenters. The molecule has 4 bridgehead atoms. The maximum atomic E-state index is 14.2. The van der Waals surface area contributed by atoms with Crippen LogP contribution in [-0.2, 0) is 9.53 Å². The van der Waals surface area contributed by atoms with Gasteiger partial charge in [0.25, 0.3) is 0 Å². The number of rotatable bonds is 8. The van der Waals surface area contributed by atoms with Gasteiger partial charge in [-0.2, -0.15) is 11.8 Å². The third-order valence-corrected chi connectivity index (χ3v) is 11.9. The fourth-order valence-corrected chi connectivity index (χ4v) is 10.5. The molecule has 0 aromatic carbocycles. The number of carbonyl (C=O) groups excluding carboxylic acids is 1. The van der Waals surface area contributed by atoms with E-state index < -0.39 is 34.9 Å². The number of hydrogen-bond acceptors (Lipinski definition) is 7. The molecule has 6 nitrogen and oxygen atoms in total. The Kier molecular flexibility index (Phi) is 6.51. The number of ether oxygens (including phenoxy) is 1. The van der Waals surface area contributed by atoms with Gasteiger partial charge in [-0.25, -0.2) is 0 Å². The number of carbonyl (C=O) groups is 1. The van der Waals surface area contributed by atoms with Gasteiger partial charge < -0.3 is 25.2 Å². The monoisotopic (exact) mass is 496 g/mol. The van der Waals surface area contributed by atoms with E-state index in [1.165, 1.54) is 25.7 Å². The lowest BCUT2D eigenvalue weighted by molar-refractivity contribution is -0.458. The van der Waals surface area contributed by atoms with Crippen molar-refractivity contribution >= 4 is 17.5 Å². The molecule has 10 atom stereocenters. The van der Waals surface area contributed by atoms with E-state index >= 15 is 0 Å². The Morgan fingerprint density at radius 1 is 1.03 bits per heavy atom. The summed E-state index contributed by atoms with van der Waals surface area (Å²) >= 11 is 1.77. The smallest absolute Gasteiger partial charge is 0.208 e. The van der Waals surface area contributed by atoms with E-state index in [4.69, 9.17) is 4.74 Å². The number of thioether (sulfide) groups is 1. The van der Waals surface area contributed by atoms with Crippen LogP contribution in [0.3, 0.4) is 0 Å². The average molecular weight is 497 g/mol. The quantitative estimate of drug-likeness (QED) is 0.383. The van der Waals surface area contributed by atoms with Crippen LogP contribution >= 0.6 is 11.8 Å². The molecule has 6 fully saturated rings. The number of ketones is 1. The van der Waals surface area contributed by atoms with Crippen molar-refractivity contribution in [3.8, 4) is 0 Å². The van der Waals surface area contributed by atoms with E-state index in [2.05, 4.69) is 20.8 Å². The van der Waals surface area contributed by atoms with Crippen molar-refractivity contribution in [3.63, 3.8) is 0 Å². The predicted molar refractivity (Wildman–Crippen MR) is 131 cm³/mol.